The first-order valence-corrected chi connectivity index (χ1v) is 5.72. The number of aromatic amines is 1. The van der Waals surface area contributed by atoms with Gasteiger partial charge in [0.25, 0.3) is 11.3 Å². The standard InChI is InChI=1S/C12H11N5O2/c1-7-11(19)13-12-15-14-10(17(12)16-7)6-8-2-4-9(18)5-3-8/h2-5,18H,6H2,1H3,(H,13,15,19). The molecule has 0 atom stereocenters. The molecular weight excluding hydrogens is 246 g/mol. The normalized spacial score (nSPS) is 11.0. The quantitative estimate of drug-likeness (QED) is 0.693. The van der Waals surface area contributed by atoms with Crippen LogP contribution in [0.25, 0.3) is 5.78 Å². The Morgan fingerprint density at radius 2 is 2.00 bits per heavy atom. The van der Waals surface area contributed by atoms with Crippen LogP contribution in [0.5, 0.6) is 5.75 Å². The molecule has 3 rings (SSSR count). The van der Waals surface area contributed by atoms with Crippen molar-refractivity contribution >= 4 is 5.78 Å². The molecule has 0 fully saturated rings. The monoisotopic (exact) mass is 257 g/mol. The Morgan fingerprint density at radius 3 is 2.74 bits per heavy atom. The van der Waals surface area contributed by atoms with Crippen LogP contribution in [0.4, 0.5) is 0 Å². The van der Waals surface area contributed by atoms with Crippen molar-refractivity contribution in [1.82, 2.24) is 24.8 Å². The summed E-state index contributed by atoms with van der Waals surface area (Å²) in [6.07, 6.45) is 0.514. The van der Waals surface area contributed by atoms with Crippen molar-refractivity contribution in [3.8, 4) is 5.75 Å². The summed E-state index contributed by atoms with van der Waals surface area (Å²) in [7, 11) is 0. The minimum Gasteiger partial charge on any atom is -0.508 e. The average molecular weight is 257 g/mol. The van der Waals surface area contributed by atoms with E-state index in [4.69, 9.17) is 0 Å². The van der Waals surface area contributed by atoms with Crippen molar-refractivity contribution < 1.29 is 5.11 Å². The van der Waals surface area contributed by atoms with Gasteiger partial charge in [0.15, 0.2) is 5.82 Å². The summed E-state index contributed by atoms with van der Waals surface area (Å²) in [6.45, 7) is 1.63. The molecule has 3 aromatic rings. The number of nitrogens with one attached hydrogen (secondary N) is 1. The number of nitrogens with zero attached hydrogens (tertiary/aromatic N) is 4. The van der Waals surface area contributed by atoms with Gasteiger partial charge >= 0.3 is 0 Å². The molecule has 2 N–H and O–H groups in total. The SMILES string of the molecule is Cc1nn2c(Cc3ccc(O)cc3)nnc2[nH]c1=O. The highest BCUT2D eigenvalue weighted by Crippen LogP contribution is 2.12. The summed E-state index contributed by atoms with van der Waals surface area (Å²) >= 11 is 0. The lowest BCUT2D eigenvalue weighted by Gasteiger charge is -2.00. The van der Waals surface area contributed by atoms with E-state index >= 15 is 0 Å². The Kier molecular flexibility index (Phi) is 2.52. The van der Waals surface area contributed by atoms with Gasteiger partial charge in [0.1, 0.15) is 11.4 Å². The second-order valence-electron chi connectivity index (χ2n) is 4.23. The maximum absolute atomic E-state index is 11.4. The number of fused-ring (bicyclic) bond motifs is 1. The van der Waals surface area contributed by atoms with Crippen LogP contribution in [0.3, 0.4) is 0 Å². The first-order chi connectivity index (χ1) is 9.13. The van der Waals surface area contributed by atoms with Crippen molar-refractivity contribution in [3.63, 3.8) is 0 Å². The molecule has 7 nitrogen and oxygen atoms in total. The maximum atomic E-state index is 11.4. The highest BCUT2D eigenvalue weighted by molar-refractivity contribution is 5.30. The fourth-order valence-corrected chi connectivity index (χ4v) is 1.79. The van der Waals surface area contributed by atoms with E-state index in [9.17, 15) is 9.90 Å². The number of hydrogen-bond acceptors (Lipinski definition) is 5. The van der Waals surface area contributed by atoms with Crippen LogP contribution >= 0.6 is 0 Å². The molecule has 0 aliphatic rings. The summed E-state index contributed by atoms with van der Waals surface area (Å²) in [5.74, 6) is 1.16. The van der Waals surface area contributed by atoms with Gasteiger partial charge in [-0.15, -0.1) is 10.2 Å². The van der Waals surface area contributed by atoms with Crippen LogP contribution in [-0.2, 0) is 6.42 Å². The Balaban J connectivity index is 2.03. The van der Waals surface area contributed by atoms with E-state index in [1.807, 2.05) is 0 Å². The van der Waals surface area contributed by atoms with Gasteiger partial charge in [-0.25, -0.2) is 0 Å². The Morgan fingerprint density at radius 1 is 1.26 bits per heavy atom. The van der Waals surface area contributed by atoms with Crippen molar-refractivity contribution in [2.75, 3.05) is 0 Å². The van der Waals surface area contributed by atoms with E-state index in [-0.39, 0.29) is 11.3 Å². The van der Waals surface area contributed by atoms with Crippen molar-refractivity contribution in [1.29, 1.82) is 0 Å². The number of H-pyrrole nitrogens is 1. The number of benzene rings is 1. The average Bonchev–Trinajstić information content (AvgIpc) is 2.76. The van der Waals surface area contributed by atoms with Gasteiger partial charge in [0, 0.05) is 6.42 Å². The second kappa shape index (κ2) is 4.20. The molecule has 0 saturated carbocycles. The number of phenols is 1. The zero-order chi connectivity index (χ0) is 13.4. The third kappa shape index (κ3) is 2.05. The van der Waals surface area contributed by atoms with Crippen LogP contribution in [-0.4, -0.2) is 29.9 Å². The van der Waals surface area contributed by atoms with Crippen molar-refractivity contribution in [3.05, 3.63) is 51.7 Å². The number of hydrogen-bond donors (Lipinski definition) is 2. The van der Waals surface area contributed by atoms with E-state index in [0.29, 0.717) is 23.7 Å². The van der Waals surface area contributed by atoms with Gasteiger partial charge in [-0.2, -0.15) is 9.61 Å². The number of rotatable bonds is 2. The van der Waals surface area contributed by atoms with Gasteiger partial charge in [0.05, 0.1) is 0 Å². The predicted octanol–water partition coefficient (Wildman–Crippen LogP) is 0.417. The van der Waals surface area contributed by atoms with Crippen LogP contribution in [0.1, 0.15) is 17.1 Å². The number of aryl methyl sites for hydroxylation is 1. The highest BCUT2D eigenvalue weighted by Gasteiger charge is 2.09. The van der Waals surface area contributed by atoms with Gasteiger partial charge in [0.2, 0.25) is 0 Å². The molecule has 19 heavy (non-hydrogen) atoms. The minimum atomic E-state index is -0.268. The zero-order valence-corrected chi connectivity index (χ0v) is 10.2. The fourth-order valence-electron chi connectivity index (χ4n) is 1.79. The molecule has 0 saturated heterocycles. The van der Waals surface area contributed by atoms with E-state index in [0.717, 1.165) is 5.56 Å². The van der Waals surface area contributed by atoms with Crippen molar-refractivity contribution in [2.24, 2.45) is 0 Å². The molecule has 0 unspecified atom stereocenters. The van der Waals surface area contributed by atoms with Crippen LogP contribution < -0.4 is 5.56 Å². The fraction of sp³-hybridized carbons (Fsp3) is 0.167. The first-order valence-electron chi connectivity index (χ1n) is 5.72. The smallest absolute Gasteiger partial charge is 0.273 e. The molecule has 96 valence electrons. The van der Waals surface area contributed by atoms with E-state index < -0.39 is 0 Å². The summed E-state index contributed by atoms with van der Waals surface area (Å²) < 4.78 is 1.52. The third-order valence-electron chi connectivity index (χ3n) is 2.81. The minimum absolute atomic E-state index is 0.216. The first kappa shape index (κ1) is 11.4. The second-order valence-corrected chi connectivity index (χ2v) is 4.23. The Bertz CT molecular complexity index is 788. The Hall–Kier alpha value is -2.70. The molecule has 0 aliphatic carbocycles. The molecule has 0 aliphatic heterocycles. The topological polar surface area (TPSA) is 96.2 Å². The highest BCUT2D eigenvalue weighted by atomic mass is 16.3. The van der Waals surface area contributed by atoms with Crippen LogP contribution in [0, 0.1) is 6.92 Å². The summed E-state index contributed by atoms with van der Waals surface area (Å²) in [6, 6.07) is 6.82. The number of aromatic nitrogens is 5. The lowest BCUT2D eigenvalue weighted by atomic mass is 10.1. The van der Waals surface area contributed by atoms with E-state index in [1.165, 1.54) is 4.52 Å². The molecule has 0 amide bonds. The maximum Gasteiger partial charge on any atom is 0.273 e. The lowest BCUT2D eigenvalue weighted by Crippen LogP contribution is -2.16. The van der Waals surface area contributed by atoms with Crippen molar-refractivity contribution in [2.45, 2.75) is 13.3 Å². The summed E-state index contributed by atoms with van der Waals surface area (Å²) in [5, 5.41) is 21.3. The predicted molar refractivity (Wildman–Crippen MR) is 67.1 cm³/mol. The van der Waals surface area contributed by atoms with Gasteiger partial charge in [-0.1, -0.05) is 12.1 Å². The lowest BCUT2D eigenvalue weighted by molar-refractivity contribution is 0.475. The van der Waals surface area contributed by atoms with Crippen LogP contribution in [0.15, 0.2) is 29.1 Å². The number of phenolic OH excluding ortho intramolecular Hbond substituents is 1. The summed E-state index contributed by atoms with van der Waals surface area (Å²) in [4.78, 5) is 14.0. The molecule has 0 bridgehead atoms. The molecule has 0 spiro atoms. The van der Waals surface area contributed by atoms with E-state index in [2.05, 4.69) is 20.3 Å². The molecule has 7 heteroatoms. The Labute approximate surface area is 107 Å². The van der Waals surface area contributed by atoms with Crippen LogP contribution in [0.2, 0.25) is 0 Å². The molecule has 0 radical (unpaired) electrons. The molecule has 1 aromatic carbocycles. The third-order valence-corrected chi connectivity index (χ3v) is 2.81. The zero-order valence-electron chi connectivity index (χ0n) is 10.2. The van der Waals surface area contributed by atoms with Gasteiger partial charge in [-0.3, -0.25) is 9.78 Å². The largest absolute Gasteiger partial charge is 0.508 e. The van der Waals surface area contributed by atoms with Gasteiger partial charge in [-0.05, 0) is 24.6 Å². The van der Waals surface area contributed by atoms with Gasteiger partial charge < -0.3 is 5.11 Å². The molecule has 2 aromatic heterocycles. The van der Waals surface area contributed by atoms with E-state index in [1.54, 1.807) is 31.2 Å². The summed E-state index contributed by atoms with van der Waals surface area (Å²) in [5.41, 5.74) is 1.06. The molecule has 2 heterocycles. The number of aromatic hydroxyl groups is 1. The molecular formula is C12H11N5O2.